The molecule has 10 heteroatoms. The van der Waals surface area contributed by atoms with Crippen LogP contribution >= 0.6 is 11.8 Å². The molecule has 0 unspecified atom stereocenters. The normalized spacial score (nSPS) is 8.56. The van der Waals surface area contributed by atoms with Crippen molar-refractivity contribution >= 4 is 76.7 Å². The molecule has 0 aliphatic carbocycles. The van der Waals surface area contributed by atoms with Crippen molar-refractivity contribution < 1.29 is 22.2 Å². The molecule has 6 aromatic carbocycles. The summed E-state index contributed by atoms with van der Waals surface area (Å²) in [7, 11) is 5.47. The van der Waals surface area contributed by atoms with Crippen LogP contribution in [0.5, 0.6) is 0 Å². The Labute approximate surface area is 543 Å². The number of allylic oxidation sites excluding steroid dienone is 7. The molecule has 1 N–H and O–H groups in total. The summed E-state index contributed by atoms with van der Waals surface area (Å²) in [6, 6.07) is 44.5. The van der Waals surface area contributed by atoms with E-state index < -0.39 is 20.6 Å². The van der Waals surface area contributed by atoms with E-state index in [9.17, 15) is 17.4 Å². The van der Waals surface area contributed by atoms with Gasteiger partial charge in [0, 0.05) is 57.1 Å². The van der Waals surface area contributed by atoms with Gasteiger partial charge in [-0.25, -0.2) is 8.42 Å². The Hall–Kier alpha value is -5.23. The van der Waals surface area contributed by atoms with Crippen LogP contribution in [-0.2, 0) is 30.2 Å². The number of carbonyl (C=O) groups excluding carboxylic acids is 1. The van der Waals surface area contributed by atoms with Gasteiger partial charge >= 0.3 is 0 Å². The first kappa shape index (κ1) is 109. The molecule has 0 bridgehead atoms. The van der Waals surface area contributed by atoms with Crippen molar-refractivity contribution in [2.24, 2.45) is 4.99 Å². The summed E-state index contributed by atoms with van der Waals surface area (Å²) in [5, 5.41) is 10.8. The number of aryl methyl sites for hydroxylation is 3. The minimum Gasteiger partial charge on any atom is -0.388 e. The zero-order valence-corrected chi connectivity index (χ0v) is 64.6. The van der Waals surface area contributed by atoms with E-state index in [0.29, 0.717) is 0 Å². The molecule has 0 heterocycles. The number of hydrogen-bond donors (Lipinski definition) is 1. The fourth-order valence-corrected chi connectivity index (χ4v) is 4.16. The van der Waals surface area contributed by atoms with Crippen LogP contribution in [0.25, 0.3) is 32.3 Å². The summed E-state index contributed by atoms with van der Waals surface area (Å²) in [5.41, 5.74) is 8.07. The molecule has 0 fully saturated rings. The zero-order valence-electron chi connectivity index (χ0n) is 62.1. The highest BCUT2D eigenvalue weighted by atomic mass is 32.2. The number of ketones is 1. The average molecular weight is 1250 g/mol. The largest absolute Gasteiger partial charge is 0.388 e. The van der Waals surface area contributed by atoms with E-state index in [1.165, 1.54) is 86.0 Å². The standard InChI is InChI=1S/C15H12.C11H10.C7H8.C6H12.3C4H8.C3H7N.C3H6O.C3H8.C2H7N.C2H6O2S.C2H6OS.C2H6O.C2H6S.3C2H6/c1-11-14-8-4-2-6-12(14)10-13-7-3-5-9-15(11)13;1-9-5-4-7-10-6-2-3-8-11(9)10;1-7-5-3-2-4-6-7;1-5(2)6(3)4;1-4(2)3;3*1-3-4-2;1-3(2)4;2*1-3-2;1-5(2,3)4;1-4(2)3;2*1-3-2;3*1-2/h2-10H,1H3;2-8H,1H3;2-6H,1H3;1-4H3;1H2,2-3H3;2*3-4H,1-2H3;3H,1-2H3;1-2H3;3H2,1-2H3;3H,1-2H3;1-2H3;1-2H3;2*1-2H3;3*1-2H3/b;;;;;4-3-;;;;;;;;;;;;. The van der Waals surface area contributed by atoms with Gasteiger partial charge in [-0.05, 0) is 193 Å². The average Bonchev–Trinajstić information content (AvgIpc) is 3.66. The number of hydrogen-bond acceptors (Lipinski definition) is 8. The van der Waals surface area contributed by atoms with Crippen LogP contribution in [0.1, 0.15) is 169 Å². The van der Waals surface area contributed by atoms with Crippen molar-refractivity contribution in [3.8, 4) is 0 Å². The monoisotopic (exact) mass is 1250 g/mol. The molecule has 6 rings (SSSR count). The second kappa shape index (κ2) is 90.9. The first-order chi connectivity index (χ1) is 40.4. The topological polar surface area (TPSA) is 102 Å². The molecule has 0 amide bonds. The van der Waals surface area contributed by atoms with Crippen LogP contribution in [0.4, 0.5) is 0 Å². The van der Waals surface area contributed by atoms with Gasteiger partial charge in [0.25, 0.3) is 0 Å². The van der Waals surface area contributed by atoms with Crippen molar-refractivity contribution in [1.29, 1.82) is 0 Å². The number of benzene rings is 6. The molecule has 0 aromatic heterocycles. The van der Waals surface area contributed by atoms with E-state index in [1.54, 1.807) is 51.8 Å². The maximum absolute atomic E-state index is 9.63. The van der Waals surface area contributed by atoms with Crippen LogP contribution in [0.2, 0.25) is 0 Å². The van der Waals surface area contributed by atoms with Crippen molar-refractivity contribution in [2.45, 2.75) is 173 Å². The van der Waals surface area contributed by atoms with Crippen LogP contribution < -0.4 is 5.32 Å². The fourth-order valence-electron chi connectivity index (χ4n) is 4.16. The number of nitrogens with zero attached hydrogens (tertiary/aromatic N) is 1. The molecule has 0 atom stereocenters. The molecule has 0 aliphatic rings. The Morgan fingerprint density at radius 1 is 0.570 bits per heavy atom. The second-order valence-electron chi connectivity index (χ2n) is 18.3. The lowest BCUT2D eigenvalue weighted by atomic mass is 9.98. The first-order valence-electron chi connectivity index (χ1n) is 29.7. The van der Waals surface area contributed by atoms with Crippen LogP contribution in [0, 0.1) is 20.8 Å². The Bertz CT molecular complexity index is 2400. The predicted molar refractivity (Wildman–Crippen MR) is 412 cm³/mol. The summed E-state index contributed by atoms with van der Waals surface area (Å²) in [4.78, 5) is 13.1. The van der Waals surface area contributed by atoms with E-state index in [4.69, 9.17) is 0 Å². The Morgan fingerprint density at radius 3 is 0.977 bits per heavy atom. The third-order valence-corrected chi connectivity index (χ3v) is 7.91. The third-order valence-electron chi connectivity index (χ3n) is 7.91. The van der Waals surface area contributed by atoms with Gasteiger partial charge in [-0.3, -0.25) is 4.21 Å². The number of methoxy groups -OCH3 is 1. The molecular weight excluding hydrogens is 1120 g/mol. The Morgan fingerprint density at radius 2 is 0.779 bits per heavy atom. The third kappa shape index (κ3) is 114. The number of sulfone groups is 1. The number of Topliss-reactive ketones (excluding diaryl/α,β-unsaturated/α-hetero) is 1. The quantitative estimate of drug-likeness (QED) is 0.0918. The van der Waals surface area contributed by atoms with E-state index in [1.807, 2.05) is 159 Å². The molecule has 498 valence electrons. The van der Waals surface area contributed by atoms with Crippen LogP contribution in [0.3, 0.4) is 0 Å². The van der Waals surface area contributed by atoms with Gasteiger partial charge in [0.05, 0.1) is 0 Å². The lowest BCUT2D eigenvalue weighted by Gasteiger charge is -2.06. The van der Waals surface area contributed by atoms with Gasteiger partial charge in [0.1, 0.15) is 15.6 Å². The molecule has 0 saturated heterocycles. The molecule has 6 aromatic rings. The van der Waals surface area contributed by atoms with Gasteiger partial charge in [-0.1, -0.05) is 230 Å². The Balaban J connectivity index is -0.0000000704. The Kier molecular flexibility index (Phi) is 115. The number of thioether (sulfide) groups is 1. The van der Waals surface area contributed by atoms with E-state index in [0.717, 1.165) is 12.5 Å². The summed E-state index contributed by atoms with van der Waals surface area (Å²) in [5.74, 6) is 0.167. The van der Waals surface area contributed by atoms with E-state index in [-0.39, 0.29) is 5.78 Å². The molecule has 7 nitrogen and oxygen atoms in total. The lowest BCUT2D eigenvalue weighted by Crippen LogP contribution is -1.89. The lowest BCUT2D eigenvalue weighted by molar-refractivity contribution is -0.115. The van der Waals surface area contributed by atoms with Gasteiger partial charge in [-0.15, -0.1) is 6.58 Å². The van der Waals surface area contributed by atoms with Crippen molar-refractivity contribution in [2.75, 3.05) is 72.9 Å². The number of nitrogens with one attached hydrogen (secondary N) is 1. The molecule has 86 heavy (non-hydrogen) atoms. The molecule has 0 radical (unpaired) electrons. The number of rotatable bonds is 0. The molecule has 0 saturated carbocycles. The van der Waals surface area contributed by atoms with Gasteiger partial charge in [0.2, 0.25) is 0 Å². The number of ether oxygens (including phenoxy) is 1. The predicted octanol–water partition coefficient (Wildman–Crippen LogP) is 23.1. The highest BCUT2D eigenvalue weighted by molar-refractivity contribution is 7.97. The zero-order chi connectivity index (χ0) is 70.5. The summed E-state index contributed by atoms with van der Waals surface area (Å²) in [6.07, 6.45) is 20.7. The van der Waals surface area contributed by atoms with Gasteiger partial charge in [-0.2, -0.15) is 11.8 Å². The van der Waals surface area contributed by atoms with Crippen LogP contribution in [-0.4, -0.2) is 97.5 Å². The van der Waals surface area contributed by atoms with Crippen LogP contribution in [0.15, 0.2) is 180 Å². The minimum atomic E-state index is -2.67. The smallest absolute Gasteiger partial charge is 0.144 e. The minimum absolute atomic E-state index is 0.167. The van der Waals surface area contributed by atoms with Crippen molar-refractivity contribution in [1.82, 2.24) is 5.32 Å². The van der Waals surface area contributed by atoms with E-state index in [2.05, 4.69) is 193 Å². The highest BCUT2D eigenvalue weighted by Crippen LogP contribution is 2.27. The first-order valence-corrected chi connectivity index (χ1v) is 35.6. The fraction of sp³-hybridized carbons (Fsp3) is 0.474. The highest BCUT2D eigenvalue weighted by Gasteiger charge is 2.01. The second-order valence-corrected chi connectivity index (χ2v) is 22.9. The van der Waals surface area contributed by atoms with Gasteiger partial charge < -0.3 is 19.8 Å². The number of fused-ring (bicyclic) bond motifs is 3. The summed E-state index contributed by atoms with van der Waals surface area (Å²) >= 11 is 1.75. The molecule has 0 aliphatic heterocycles. The SMILES string of the molecule is C/C=C\C.C=C(C)C.CC.CC.CC.CC(C)=C(C)C.CC(C)=O.CC=CC.CC=NC.CCC.CNC.COC.CS(C)(=O)=O.CS(C)=O.CSC.Cc1c2ccccc2cc2ccccc12.Cc1cccc2ccccc12.Cc1ccccc1. The van der Waals surface area contributed by atoms with Crippen molar-refractivity contribution in [3.05, 3.63) is 192 Å². The van der Waals surface area contributed by atoms with Crippen molar-refractivity contribution in [3.63, 3.8) is 0 Å². The molecular formula is C76H136N2O5S3. The maximum Gasteiger partial charge on any atom is 0.144 e. The summed E-state index contributed by atoms with van der Waals surface area (Å²) in [6.45, 7) is 51.6. The molecule has 0 spiro atoms. The summed E-state index contributed by atoms with van der Waals surface area (Å²) < 4.78 is 33.1. The van der Waals surface area contributed by atoms with Gasteiger partial charge in [0.15, 0.2) is 0 Å². The van der Waals surface area contributed by atoms with E-state index >= 15 is 0 Å². The number of carbonyl (C=O) groups is 1. The maximum atomic E-state index is 9.63. The number of aliphatic imine (C=N–C) groups is 1.